The maximum atomic E-state index is 13.4. The van der Waals surface area contributed by atoms with Crippen molar-refractivity contribution in [3.8, 4) is 17.2 Å². The molecular weight excluding hydrogens is 371 g/mol. The Bertz CT molecular complexity index is 1130. The third-order valence-corrected chi connectivity index (χ3v) is 5.56. The second-order valence-electron chi connectivity index (χ2n) is 7.27. The van der Waals surface area contributed by atoms with E-state index in [1.54, 1.807) is 12.1 Å². The minimum Gasteiger partial charge on any atom is -0.464 e. The molecule has 0 unspecified atom stereocenters. The van der Waals surface area contributed by atoms with Gasteiger partial charge >= 0.3 is 0 Å². The van der Waals surface area contributed by atoms with Crippen molar-refractivity contribution < 1.29 is 18.6 Å². The summed E-state index contributed by atoms with van der Waals surface area (Å²) in [4.78, 5) is 0. The first kappa shape index (κ1) is 16.4. The molecule has 2 atom stereocenters. The van der Waals surface area contributed by atoms with Gasteiger partial charge in [0.15, 0.2) is 11.5 Å². The van der Waals surface area contributed by atoms with Gasteiger partial charge in [-0.2, -0.15) is 5.10 Å². The Labute approximate surface area is 166 Å². The standard InChI is InChI=1S/C23H17FN2O3/c24-16-8-5-14(6-9-16)23-26-19(17-3-1-2-4-20(17)29-23)12-18(25-26)15-7-10-21-22(11-15)28-13-27-21/h1-11,19,23H,12-13H2/t19-,23+/m0/s1. The molecule has 29 heavy (non-hydrogen) atoms. The van der Waals surface area contributed by atoms with E-state index >= 15 is 0 Å². The summed E-state index contributed by atoms with van der Waals surface area (Å²) < 4.78 is 30.7. The third-order valence-electron chi connectivity index (χ3n) is 5.56. The molecule has 0 amide bonds. The monoisotopic (exact) mass is 388 g/mol. The van der Waals surface area contributed by atoms with Crippen LogP contribution in [0.25, 0.3) is 0 Å². The fourth-order valence-electron chi connectivity index (χ4n) is 4.13. The van der Waals surface area contributed by atoms with Gasteiger partial charge in [0, 0.05) is 23.1 Å². The molecule has 3 aliphatic heterocycles. The molecule has 0 radical (unpaired) electrons. The van der Waals surface area contributed by atoms with E-state index in [1.807, 2.05) is 41.4 Å². The summed E-state index contributed by atoms with van der Waals surface area (Å²) in [7, 11) is 0. The van der Waals surface area contributed by atoms with Gasteiger partial charge in [0.25, 0.3) is 0 Å². The van der Waals surface area contributed by atoms with Crippen molar-refractivity contribution in [2.75, 3.05) is 6.79 Å². The van der Waals surface area contributed by atoms with Gasteiger partial charge in [0.1, 0.15) is 11.6 Å². The fraction of sp³-hybridized carbons (Fsp3) is 0.174. The maximum Gasteiger partial charge on any atom is 0.231 e. The SMILES string of the molecule is Fc1ccc([C@H]2Oc3ccccc3[C@@H]3CC(c4ccc5c(c4)OCO5)=NN23)cc1. The summed E-state index contributed by atoms with van der Waals surface area (Å²) in [5, 5.41) is 6.90. The molecule has 0 aromatic heterocycles. The number of fused-ring (bicyclic) bond motifs is 4. The Morgan fingerprint density at radius 3 is 2.62 bits per heavy atom. The molecule has 3 heterocycles. The number of hydrazone groups is 1. The van der Waals surface area contributed by atoms with Crippen molar-refractivity contribution in [2.24, 2.45) is 5.10 Å². The molecule has 3 aliphatic rings. The van der Waals surface area contributed by atoms with Crippen molar-refractivity contribution in [3.63, 3.8) is 0 Å². The van der Waals surface area contributed by atoms with Crippen molar-refractivity contribution in [3.05, 3.63) is 89.2 Å². The average Bonchev–Trinajstić information content (AvgIpc) is 3.40. The lowest BCUT2D eigenvalue weighted by Crippen LogP contribution is -2.33. The van der Waals surface area contributed by atoms with E-state index in [-0.39, 0.29) is 18.7 Å². The third kappa shape index (κ3) is 2.63. The number of ether oxygens (including phenoxy) is 3. The summed E-state index contributed by atoms with van der Waals surface area (Å²) in [6.07, 6.45) is 0.333. The number of hydrogen-bond donors (Lipinski definition) is 0. The second-order valence-corrected chi connectivity index (χ2v) is 7.27. The van der Waals surface area contributed by atoms with Crippen LogP contribution in [-0.2, 0) is 0 Å². The first-order valence-electron chi connectivity index (χ1n) is 9.53. The number of halogens is 1. The average molecular weight is 388 g/mol. The topological polar surface area (TPSA) is 43.3 Å². The molecule has 3 aromatic rings. The Morgan fingerprint density at radius 1 is 0.897 bits per heavy atom. The predicted octanol–water partition coefficient (Wildman–Crippen LogP) is 4.80. The van der Waals surface area contributed by atoms with Gasteiger partial charge < -0.3 is 14.2 Å². The molecule has 0 spiro atoms. The highest BCUT2D eigenvalue weighted by molar-refractivity contribution is 6.02. The van der Waals surface area contributed by atoms with Crippen LogP contribution >= 0.6 is 0 Å². The molecule has 0 aliphatic carbocycles. The summed E-state index contributed by atoms with van der Waals surface area (Å²) in [5.41, 5.74) is 3.92. The molecule has 0 N–H and O–H groups in total. The van der Waals surface area contributed by atoms with Crippen LogP contribution in [0.3, 0.4) is 0 Å². The van der Waals surface area contributed by atoms with E-state index in [0.29, 0.717) is 0 Å². The van der Waals surface area contributed by atoms with Crippen LogP contribution in [-0.4, -0.2) is 17.5 Å². The zero-order valence-electron chi connectivity index (χ0n) is 15.4. The van der Waals surface area contributed by atoms with Gasteiger partial charge in [-0.3, -0.25) is 0 Å². The van der Waals surface area contributed by atoms with E-state index in [4.69, 9.17) is 19.3 Å². The fourth-order valence-corrected chi connectivity index (χ4v) is 4.13. The highest BCUT2D eigenvalue weighted by Gasteiger charge is 2.41. The first-order valence-corrected chi connectivity index (χ1v) is 9.53. The maximum absolute atomic E-state index is 13.4. The highest BCUT2D eigenvalue weighted by Crippen LogP contribution is 2.47. The van der Waals surface area contributed by atoms with Crippen LogP contribution in [0.5, 0.6) is 17.2 Å². The normalized spacial score (nSPS) is 21.3. The van der Waals surface area contributed by atoms with Gasteiger partial charge in [0.05, 0.1) is 11.8 Å². The first-order chi connectivity index (χ1) is 14.3. The zero-order chi connectivity index (χ0) is 19.4. The Morgan fingerprint density at radius 2 is 1.72 bits per heavy atom. The van der Waals surface area contributed by atoms with Crippen molar-refractivity contribution in [1.29, 1.82) is 0 Å². The van der Waals surface area contributed by atoms with Gasteiger partial charge in [-0.1, -0.05) is 30.3 Å². The number of hydrogen-bond acceptors (Lipinski definition) is 5. The number of nitrogens with zero attached hydrogens (tertiary/aromatic N) is 2. The smallest absolute Gasteiger partial charge is 0.231 e. The summed E-state index contributed by atoms with van der Waals surface area (Å²) in [5.74, 6) is 2.06. The lowest BCUT2D eigenvalue weighted by molar-refractivity contribution is -0.0190. The number of rotatable bonds is 2. The van der Waals surface area contributed by atoms with Crippen LogP contribution in [0.1, 0.15) is 35.4 Å². The minimum atomic E-state index is -0.415. The molecule has 6 rings (SSSR count). The van der Waals surface area contributed by atoms with Crippen LogP contribution in [0.2, 0.25) is 0 Å². The lowest BCUT2D eigenvalue weighted by atomic mass is 9.96. The molecular formula is C23H17FN2O3. The van der Waals surface area contributed by atoms with Gasteiger partial charge in [-0.05, 0) is 36.4 Å². The predicted molar refractivity (Wildman–Crippen MR) is 105 cm³/mol. The van der Waals surface area contributed by atoms with Crippen molar-refractivity contribution in [2.45, 2.75) is 18.7 Å². The minimum absolute atomic E-state index is 0.0513. The van der Waals surface area contributed by atoms with E-state index in [9.17, 15) is 4.39 Å². The molecule has 144 valence electrons. The van der Waals surface area contributed by atoms with E-state index in [2.05, 4.69) is 6.07 Å². The van der Waals surface area contributed by atoms with Gasteiger partial charge in [0.2, 0.25) is 13.0 Å². The Balaban J connectivity index is 1.42. The number of benzene rings is 3. The highest BCUT2D eigenvalue weighted by atomic mass is 19.1. The largest absolute Gasteiger partial charge is 0.464 e. The van der Waals surface area contributed by atoms with Gasteiger partial charge in [-0.15, -0.1) is 0 Å². The number of para-hydroxylation sites is 1. The lowest BCUT2D eigenvalue weighted by Gasteiger charge is -2.38. The Kier molecular flexibility index (Phi) is 3.53. The molecule has 0 saturated heterocycles. The molecule has 0 bridgehead atoms. The van der Waals surface area contributed by atoms with Crippen LogP contribution < -0.4 is 14.2 Å². The summed E-state index contributed by atoms with van der Waals surface area (Å²) >= 11 is 0. The molecule has 5 nitrogen and oxygen atoms in total. The van der Waals surface area contributed by atoms with E-state index in [0.717, 1.165) is 46.1 Å². The van der Waals surface area contributed by atoms with Crippen LogP contribution in [0.4, 0.5) is 4.39 Å². The summed E-state index contributed by atoms with van der Waals surface area (Å²) in [6, 6.07) is 20.4. The molecule has 0 saturated carbocycles. The van der Waals surface area contributed by atoms with Crippen molar-refractivity contribution in [1.82, 2.24) is 5.01 Å². The summed E-state index contributed by atoms with van der Waals surface area (Å²) in [6.45, 7) is 0.244. The second kappa shape index (κ2) is 6.24. The van der Waals surface area contributed by atoms with Crippen LogP contribution in [0.15, 0.2) is 71.8 Å². The Hall–Kier alpha value is -3.54. The van der Waals surface area contributed by atoms with Gasteiger partial charge in [-0.25, -0.2) is 9.40 Å². The van der Waals surface area contributed by atoms with Crippen molar-refractivity contribution >= 4 is 5.71 Å². The van der Waals surface area contributed by atoms with E-state index < -0.39 is 6.23 Å². The zero-order valence-corrected chi connectivity index (χ0v) is 15.4. The molecule has 0 fully saturated rings. The molecule has 6 heteroatoms. The molecule has 3 aromatic carbocycles. The van der Waals surface area contributed by atoms with Crippen LogP contribution in [0, 0.1) is 5.82 Å². The quantitative estimate of drug-likeness (QED) is 0.633. The van der Waals surface area contributed by atoms with E-state index in [1.165, 1.54) is 12.1 Å².